The Morgan fingerprint density at radius 2 is 1.78 bits per heavy atom. The number of ether oxygens (including phenoxy) is 1. The van der Waals surface area contributed by atoms with Gasteiger partial charge in [0.2, 0.25) is 0 Å². The van der Waals surface area contributed by atoms with Crippen molar-refractivity contribution in [3.05, 3.63) is 0 Å². The highest BCUT2D eigenvalue weighted by Gasteiger charge is 2.38. The minimum atomic E-state index is -0.285. The molecule has 0 aromatic heterocycles. The van der Waals surface area contributed by atoms with Gasteiger partial charge in [-0.15, -0.1) is 0 Å². The van der Waals surface area contributed by atoms with E-state index in [0.29, 0.717) is 11.7 Å². The molecule has 0 spiro atoms. The van der Waals surface area contributed by atoms with E-state index in [0.717, 1.165) is 52.0 Å². The Hall–Kier alpha value is -0.410. The van der Waals surface area contributed by atoms with Crippen LogP contribution in [0.15, 0.2) is 0 Å². The molecule has 0 aromatic carbocycles. The summed E-state index contributed by atoms with van der Waals surface area (Å²) >= 11 is 0. The molecule has 1 aliphatic rings. The van der Waals surface area contributed by atoms with E-state index < -0.39 is 0 Å². The van der Waals surface area contributed by atoms with Crippen molar-refractivity contribution in [2.24, 2.45) is 5.92 Å². The van der Waals surface area contributed by atoms with Gasteiger partial charge < -0.3 is 4.74 Å². The molecule has 0 saturated carbocycles. The molecule has 3 nitrogen and oxygen atoms in total. The van der Waals surface area contributed by atoms with Gasteiger partial charge >= 0.3 is 0 Å². The minimum Gasteiger partial charge on any atom is -0.379 e. The van der Waals surface area contributed by atoms with E-state index in [9.17, 15) is 4.79 Å². The van der Waals surface area contributed by atoms with Crippen molar-refractivity contribution >= 4 is 5.78 Å². The van der Waals surface area contributed by atoms with Crippen LogP contribution in [0.1, 0.15) is 53.4 Å². The van der Waals surface area contributed by atoms with E-state index in [4.69, 9.17) is 4.74 Å². The molecule has 1 aliphatic heterocycles. The number of nitrogens with zero attached hydrogens (tertiary/aromatic N) is 1. The zero-order valence-corrected chi connectivity index (χ0v) is 12.5. The van der Waals surface area contributed by atoms with Crippen LogP contribution in [-0.4, -0.2) is 42.5 Å². The number of Topliss-reactive ketones (excluding diaryl/α,β-unsaturated/α-hetero) is 1. The van der Waals surface area contributed by atoms with Gasteiger partial charge in [0.15, 0.2) is 5.78 Å². The number of carbonyl (C=O) groups is 1. The molecule has 0 aliphatic carbocycles. The van der Waals surface area contributed by atoms with E-state index in [1.807, 2.05) is 0 Å². The average Bonchev–Trinajstić information content (AvgIpc) is 2.44. The fourth-order valence-corrected chi connectivity index (χ4v) is 2.71. The van der Waals surface area contributed by atoms with Gasteiger partial charge in [0.1, 0.15) is 0 Å². The number of morpholine rings is 1. The van der Waals surface area contributed by atoms with Crippen LogP contribution < -0.4 is 0 Å². The Morgan fingerprint density at radius 1 is 1.22 bits per heavy atom. The third kappa shape index (κ3) is 3.55. The molecular formula is C15H29NO2. The molecule has 0 amide bonds. The lowest BCUT2D eigenvalue weighted by Gasteiger charge is -2.42. The topological polar surface area (TPSA) is 29.5 Å². The maximum absolute atomic E-state index is 12.6. The fourth-order valence-electron chi connectivity index (χ4n) is 2.71. The highest BCUT2D eigenvalue weighted by atomic mass is 16.5. The van der Waals surface area contributed by atoms with E-state index in [1.54, 1.807) is 0 Å². The summed E-state index contributed by atoms with van der Waals surface area (Å²) in [7, 11) is 0. The van der Waals surface area contributed by atoms with Crippen LogP contribution in [0.4, 0.5) is 0 Å². The molecule has 0 radical (unpaired) electrons. The summed E-state index contributed by atoms with van der Waals surface area (Å²) in [5.41, 5.74) is -0.285. The molecule has 1 rings (SSSR count). The SMILES string of the molecule is CCC(CC)CC(=O)C(C)(CC)N1CCOCC1. The molecule has 0 N–H and O–H groups in total. The van der Waals surface area contributed by atoms with Crippen LogP contribution in [0, 0.1) is 5.92 Å². The van der Waals surface area contributed by atoms with Crippen LogP contribution in [0.25, 0.3) is 0 Å². The van der Waals surface area contributed by atoms with E-state index in [1.165, 1.54) is 0 Å². The highest BCUT2D eigenvalue weighted by molar-refractivity contribution is 5.88. The van der Waals surface area contributed by atoms with Crippen LogP contribution in [-0.2, 0) is 9.53 Å². The first-order valence-electron chi connectivity index (χ1n) is 7.44. The molecule has 1 saturated heterocycles. The average molecular weight is 255 g/mol. The van der Waals surface area contributed by atoms with Gasteiger partial charge in [-0.2, -0.15) is 0 Å². The quantitative estimate of drug-likeness (QED) is 0.700. The zero-order chi connectivity index (χ0) is 13.6. The van der Waals surface area contributed by atoms with Crippen LogP contribution in [0.5, 0.6) is 0 Å². The fraction of sp³-hybridized carbons (Fsp3) is 0.933. The van der Waals surface area contributed by atoms with Gasteiger partial charge in [-0.05, 0) is 19.3 Å². The molecule has 3 heteroatoms. The molecule has 0 bridgehead atoms. The maximum Gasteiger partial charge on any atom is 0.153 e. The third-order valence-electron chi connectivity index (χ3n) is 4.63. The normalized spacial score (nSPS) is 20.9. The number of ketones is 1. The van der Waals surface area contributed by atoms with Gasteiger partial charge in [-0.25, -0.2) is 0 Å². The number of hydrogen-bond acceptors (Lipinski definition) is 3. The summed E-state index contributed by atoms with van der Waals surface area (Å²) < 4.78 is 5.39. The largest absolute Gasteiger partial charge is 0.379 e. The number of rotatable bonds is 7. The Labute approximate surface area is 112 Å². The lowest BCUT2D eigenvalue weighted by molar-refractivity contribution is -0.134. The van der Waals surface area contributed by atoms with Gasteiger partial charge in [-0.3, -0.25) is 9.69 Å². The molecular weight excluding hydrogens is 226 g/mol. The highest BCUT2D eigenvalue weighted by Crippen LogP contribution is 2.26. The predicted molar refractivity (Wildman–Crippen MR) is 74.8 cm³/mol. The number of carbonyl (C=O) groups excluding carboxylic acids is 1. The van der Waals surface area contributed by atoms with Crippen molar-refractivity contribution in [2.45, 2.75) is 58.9 Å². The summed E-state index contributed by atoms with van der Waals surface area (Å²) in [6.45, 7) is 11.9. The van der Waals surface area contributed by atoms with Crippen molar-refractivity contribution < 1.29 is 9.53 Å². The summed E-state index contributed by atoms with van der Waals surface area (Å²) in [6.07, 6.45) is 3.83. The Bertz CT molecular complexity index is 257. The van der Waals surface area contributed by atoms with Crippen molar-refractivity contribution in [1.29, 1.82) is 0 Å². The first-order chi connectivity index (χ1) is 8.58. The maximum atomic E-state index is 12.6. The second kappa shape index (κ2) is 7.25. The predicted octanol–water partition coefficient (Wildman–Crippen LogP) is 2.88. The smallest absolute Gasteiger partial charge is 0.153 e. The summed E-state index contributed by atoms with van der Waals surface area (Å²) in [5.74, 6) is 0.963. The van der Waals surface area contributed by atoms with Gasteiger partial charge in [0, 0.05) is 19.5 Å². The third-order valence-corrected chi connectivity index (χ3v) is 4.63. The summed E-state index contributed by atoms with van der Waals surface area (Å²) in [5, 5.41) is 0. The van der Waals surface area contributed by atoms with Gasteiger partial charge in [0.25, 0.3) is 0 Å². The van der Waals surface area contributed by atoms with Crippen LogP contribution in [0.2, 0.25) is 0 Å². The summed E-state index contributed by atoms with van der Waals surface area (Å²) in [6, 6.07) is 0. The minimum absolute atomic E-state index is 0.285. The van der Waals surface area contributed by atoms with Crippen molar-refractivity contribution in [1.82, 2.24) is 4.90 Å². The Balaban J connectivity index is 2.69. The number of hydrogen-bond donors (Lipinski definition) is 0. The van der Waals surface area contributed by atoms with Crippen LogP contribution in [0.3, 0.4) is 0 Å². The first kappa shape index (κ1) is 15.6. The van der Waals surface area contributed by atoms with Gasteiger partial charge in [0.05, 0.1) is 18.8 Å². The molecule has 1 fully saturated rings. The Morgan fingerprint density at radius 3 is 2.22 bits per heavy atom. The lowest BCUT2D eigenvalue weighted by Crippen LogP contribution is -2.56. The van der Waals surface area contributed by atoms with Crippen LogP contribution >= 0.6 is 0 Å². The standard InChI is InChI=1S/C15H29NO2/c1-5-13(6-2)12-14(17)15(4,7-3)16-8-10-18-11-9-16/h13H,5-12H2,1-4H3. The molecule has 106 valence electrons. The van der Waals surface area contributed by atoms with Crippen molar-refractivity contribution in [3.8, 4) is 0 Å². The zero-order valence-electron chi connectivity index (χ0n) is 12.5. The molecule has 18 heavy (non-hydrogen) atoms. The first-order valence-corrected chi connectivity index (χ1v) is 7.44. The van der Waals surface area contributed by atoms with E-state index >= 15 is 0 Å². The molecule has 0 aromatic rings. The second-order valence-electron chi connectivity index (χ2n) is 5.54. The van der Waals surface area contributed by atoms with Crippen molar-refractivity contribution in [3.63, 3.8) is 0 Å². The molecule has 1 heterocycles. The monoisotopic (exact) mass is 255 g/mol. The lowest BCUT2D eigenvalue weighted by atomic mass is 9.84. The van der Waals surface area contributed by atoms with Gasteiger partial charge in [-0.1, -0.05) is 33.6 Å². The summed E-state index contributed by atoms with van der Waals surface area (Å²) in [4.78, 5) is 15.0. The second-order valence-corrected chi connectivity index (χ2v) is 5.54. The Kier molecular flexibility index (Phi) is 6.30. The molecule has 1 unspecified atom stereocenters. The van der Waals surface area contributed by atoms with E-state index in [2.05, 4.69) is 32.6 Å². The van der Waals surface area contributed by atoms with Crippen molar-refractivity contribution in [2.75, 3.05) is 26.3 Å². The van der Waals surface area contributed by atoms with E-state index in [-0.39, 0.29) is 5.54 Å². The molecule has 1 atom stereocenters.